The minimum Gasteiger partial charge on any atom is -0.385 e. The zero-order valence-electron chi connectivity index (χ0n) is 12.6. The third kappa shape index (κ3) is 7.13. The van der Waals surface area contributed by atoms with Crippen molar-refractivity contribution in [2.45, 2.75) is 12.5 Å². The molecule has 0 aromatic heterocycles. The van der Waals surface area contributed by atoms with Gasteiger partial charge in [0.15, 0.2) is 0 Å². The Hall–Kier alpha value is -0.110. The summed E-state index contributed by atoms with van der Waals surface area (Å²) in [6.45, 7) is 7.10. The Balaban J connectivity index is 0.00000200. The molecule has 2 fully saturated rings. The van der Waals surface area contributed by atoms with Crippen molar-refractivity contribution in [3.8, 4) is 0 Å². The molecule has 0 bridgehead atoms. The van der Waals surface area contributed by atoms with Gasteiger partial charge < -0.3 is 19.7 Å². The van der Waals surface area contributed by atoms with E-state index in [-0.39, 0.29) is 36.8 Å². The molecule has 0 spiro atoms. The fraction of sp³-hybridized carbons (Fsp3) is 0.923. The van der Waals surface area contributed by atoms with Gasteiger partial charge in [0.05, 0.1) is 19.3 Å². The fourth-order valence-electron chi connectivity index (χ4n) is 2.55. The van der Waals surface area contributed by atoms with E-state index in [1.165, 1.54) is 0 Å². The lowest BCUT2D eigenvalue weighted by Gasteiger charge is -2.35. The maximum Gasteiger partial charge on any atom is 0.236 e. The van der Waals surface area contributed by atoms with Gasteiger partial charge >= 0.3 is 0 Å². The second-order valence-electron chi connectivity index (χ2n) is 5.14. The first-order chi connectivity index (χ1) is 9.29. The van der Waals surface area contributed by atoms with E-state index in [4.69, 9.17) is 9.47 Å². The molecule has 1 unspecified atom stereocenters. The summed E-state index contributed by atoms with van der Waals surface area (Å²) in [5, 5.41) is 3.26. The highest BCUT2D eigenvalue weighted by molar-refractivity contribution is 5.85. The van der Waals surface area contributed by atoms with Crippen LogP contribution in [0, 0.1) is 0 Å². The number of rotatable bonds is 5. The summed E-state index contributed by atoms with van der Waals surface area (Å²) >= 11 is 0. The Bertz CT molecular complexity index is 292. The molecule has 0 saturated carbocycles. The van der Waals surface area contributed by atoms with Crippen LogP contribution in [0.25, 0.3) is 0 Å². The number of methoxy groups -OCH3 is 1. The SMILES string of the molecule is COCCC1CN(CC(=O)N2CCNCC2)CCO1.Cl.Cl. The fourth-order valence-corrected chi connectivity index (χ4v) is 2.55. The van der Waals surface area contributed by atoms with Crippen molar-refractivity contribution in [3.63, 3.8) is 0 Å². The molecule has 0 aromatic carbocycles. The van der Waals surface area contributed by atoms with E-state index in [0.717, 1.165) is 45.7 Å². The highest BCUT2D eigenvalue weighted by Crippen LogP contribution is 2.09. The maximum atomic E-state index is 12.2. The third-order valence-electron chi connectivity index (χ3n) is 3.70. The van der Waals surface area contributed by atoms with Crippen LogP contribution in [-0.2, 0) is 14.3 Å². The largest absolute Gasteiger partial charge is 0.385 e. The van der Waals surface area contributed by atoms with Crippen molar-refractivity contribution < 1.29 is 14.3 Å². The van der Waals surface area contributed by atoms with Gasteiger partial charge in [0.2, 0.25) is 5.91 Å². The molecule has 21 heavy (non-hydrogen) atoms. The number of piperazine rings is 1. The van der Waals surface area contributed by atoms with Crippen LogP contribution in [0.4, 0.5) is 0 Å². The first-order valence-electron chi connectivity index (χ1n) is 7.11. The minimum absolute atomic E-state index is 0. The molecule has 1 atom stereocenters. The predicted octanol–water partition coefficient (Wildman–Crippen LogP) is -0.000900. The van der Waals surface area contributed by atoms with Gasteiger partial charge in [-0.1, -0.05) is 0 Å². The molecule has 2 heterocycles. The van der Waals surface area contributed by atoms with E-state index in [1.54, 1.807) is 7.11 Å². The summed E-state index contributed by atoms with van der Waals surface area (Å²) in [5.74, 6) is 0.244. The van der Waals surface area contributed by atoms with Gasteiger partial charge in [-0.2, -0.15) is 0 Å². The van der Waals surface area contributed by atoms with Gasteiger partial charge in [0.1, 0.15) is 0 Å². The summed E-state index contributed by atoms with van der Waals surface area (Å²) in [7, 11) is 1.70. The minimum atomic E-state index is 0. The van der Waals surface area contributed by atoms with Crippen molar-refractivity contribution in [2.75, 3.05) is 66.1 Å². The van der Waals surface area contributed by atoms with E-state index in [9.17, 15) is 4.79 Å². The number of ether oxygens (including phenoxy) is 2. The normalized spacial score (nSPS) is 23.1. The van der Waals surface area contributed by atoms with Gasteiger partial charge in [-0.3, -0.25) is 9.69 Å². The molecule has 1 amide bonds. The number of nitrogens with zero attached hydrogens (tertiary/aromatic N) is 2. The summed E-state index contributed by atoms with van der Waals surface area (Å²) < 4.78 is 10.8. The number of carbonyl (C=O) groups is 1. The average molecular weight is 344 g/mol. The number of hydrogen-bond acceptors (Lipinski definition) is 5. The molecular formula is C13H27Cl2N3O3. The molecule has 2 aliphatic rings. The monoisotopic (exact) mass is 343 g/mol. The lowest BCUT2D eigenvalue weighted by molar-refractivity contribution is -0.135. The lowest BCUT2D eigenvalue weighted by Crippen LogP contribution is -2.52. The van der Waals surface area contributed by atoms with E-state index in [0.29, 0.717) is 19.8 Å². The van der Waals surface area contributed by atoms with E-state index in [1.807, 2.05) is 4.90 Å². The first kappa shape index (κ1) is 20.9. The van der Waals surface area contributed by atoms with Crippen LogP contribution in [0.3, 0.4) is 0 Å². The molecule has 8 heteroatoms. The Labute approximate surface area is 139 Å². The van der Waals surface area contributed by atoms with Crippen LogP contribution in [0.5, 0.6) is 0 Å². The van der Waals surface area contributed by atoms with Crippen LogP contribution in [0.1, 0.15) is 6.42 Å². The number of hydrogen-bond donors (Lipinski definition) is 1. The molecule has 2 rings (SSSR count). The number of nitrogens with one attached hydrogen (secondary N) is 1. The van der Waals surface area contributed by atoms with Crippen molar-refractivity contribution in [1.82, 2.24) is 15.1 Å². The van der Waals surface area contributed by atoms with E-state index < -0.39 is 0 Å². The summed E-state index contributed by atoms with van der Waals surface area (Å²) in [6, 6.07) is 0. The van der Waals surface area contributed by atoms with Crippen LogP contribution < -0.4 is 5.32 Å². The number of halogens is 2. The van der Waals surface area contributed by atoms with Gasteiger partial charge in [-0.25, -0.2) is 0 Å². The van der Waals surface area contributed by atoms with Gasteiger partial charge in [0.25, 0.3) is 0 Å². The smallest absolute Gasteiger partial charge is 0.236 e. The molecule has 1 N–H and O–H groups in total. The molecule has 2 saturated heterocycles. The van der Waals surface area contributed by atoms with Gasteiger partial charge in [-0.15, -0.1) is 24.8 Å². The number of morpholine rings is 1. The zero-order chi connectivity index (χ0) is 13.5. The van der Waals surface area contributed by atoms with Crippen molar-refractivity contribution in [3.05, 3.63) is 0 Å². The molecular weight excluding hydrogens is 317 g/mol. The molecule has 6 nitrogen and oxygen atoms in total. The molecule has 0 aromatic rings. The molecule has 126 valence electrons. The van der Waals surface area contributed by atoms with Crippen molar-refractivity contribution in [2.24, 2.45) is 0 Å². The Morgan fingerprint density at radius 1 is 1.29 bits per heavy atom. The second-order valence-corrected chi connectivity index (χ2v) is 5.14. The van der Waals surface area contributed by atoms with Gasteiger partial charge in [-0.05, 0) is 6.42 Å². The van der Waals surface area contributed by atoms with Gasteiger partial charge in [0, 0.05) is 53.0 Å². The van der Waals surface area contributed by atoms with Crippen LogP contribution in [0.15, 0.2) is 0 Å². The molecule has 0 radical (unpaired) electrons. The lowest BCUT2D eigenvalue weighted by atomic mass is 10.2. The predicted molar refractivity (Wildman–Crippen MR) is 86.6 cm³/mol. The average Bonchev–Trinajstić information content (AvgIpc) is 2.46. The van der Waals surface area contributed by atoms with Crippen LogP contribution in [0.2, 0.25) is 0 Å². The highest BCUT2D eigenvalue weighted by atomic mass is 35.5. The Kier molecular flexibility index (Phi) is 11.4. The Morgan fingerprint density at radius 2 is 2.00 bits per heavy atom. The van der Waals surface area contributed by atoms with E-state index in [2.05, 4.69) is 10.2 Å². The zero-order valence-corrected chi connectivity index (χ0v) is 14.2. The van der Waals surface area contributed by atoms with E-state index >= 15 is 0 Å². The first-order valence-corrected chi connectivity index (χ1v) is 7.11. The number of amides is 1. The van der Waals surface area contributed by atoms with Crippen molar-refractivity contribution in [1.29, 1.82) is 0 Å². The standard InChI is InChI=1S/C13H25N3O3.2ClH/c1-18-8-2-12-10-15(7-9-19-12)11-13(17)16-5-3-14-4-6-16;;/h12,14H,2-11H2,1H3;2*1H. The Morgan fingerprint density at radius 3 is 2.67 bits per heavy atom. The van der Waals surface area contributed by atoms with Crippen molar-refractivity contribution >= 4 is 30.7 Å². The topological polar surface area (TPSA) is 54.0 Å². The maximum absolute atomic E-state index is 12.2. The van der Waals surface area contributed by atoms with Crippen LogP contribution in [-0.4, -0.2) is 87.9 Å². The summed E-state index contributed by atoms with van der Waals surface area (Å²) in [4.78, 5) is 16.3. The van der Waals surface area contributed by atoms with Crippen LogP contribution >= 0.6 is 24.8 Å². The molecule has 2 aliphatic heterocycles. The third-order valence-corrected chi connectivity index (χ3v) is 3.70. The summed E-state index contributed by atoms with van der Waals surface area (Å²) in [5.41, 5.74) is 0. The summed E-state index contributed by atoms with van der Waals surface area (Å²) in [6.07, 6.45) is 1.10. The highest BCUT2D eigenvalue weighted by Gasteiger charge is 2.24. The second kappa shape index (κ2) is 11.5. The molecule has 0 aliphatic carbocycles. The number of carbonyl (C=O) groups excluding carboxylic acids is 1. The quantitative estimate of drug-likeness (QED) is 0.761.